The van der Waals surface area contributed by atoms with E-state index < -0.39 is 0 Å². The predicted octanol–water partition coefficient (Wildman–Crippen LogP) is 3.15. The van der Waals surface area contributed by atoms with Gasteiger partial charge in [0, 0.05) is 18.2 Å². The van der Waals surface area contributed by atoms with E-state index in [-0.39, 0.29) is 5.25 Å². The summed E-state index contributed by atoms with van der Waals surface area (Å²) >= 11 is 2.90. The second-order valence-electron chi connectivity index (χ2n) is 2.09. The van der Waals surface area contributed by atoms with Crippen molar-refractivity contribution >= 4 is 23.5 Å². The molecule has 0 amide bonds. The highest BCUT2D eigenvalue weighted by atomic mass is 32.2. The second kappa shape index (κ2) is 9.47. The van der Waals surface area contributed by atoms with Crippen molar-refractivity contribution in [1.29, 1.82) is 0 Å². The second-order valence-corrected chi connectivity index (χ2v) is 3.85. The van der Waals surface area contributed by atoms with Crippen molar-refractivity contribution < 1.29 is 0 Å². The molecule has 0 aromatic carbocycles. The van der Waals surface area contributed by atoms with Crippen LogP contribution in [0.3, 0.4) is 0 Å². The Morgan fingerprint density at radius 1 is 1.23 bits per heavy atom. The van der Waals surface area contributed by atoms with Crippen LogP contribution in [0.2, 0.25) is 0 Å². The summed E-state index contributed by atoms with van der Waals surface area (Å²) in [6.07, 6.45) is 0.889. The molecular formula is C11H12S2. The lowest BCUT2D eigenvalue weighted by Gasteiger charge is -1.91. The molecule has 0 saturated carbocycles. The zero-order valence-electron chi connectivity index (χ0n) is 8.10. The van der Waals surface area contributed by atoms with E-state index >= 15 is 0 Å². The summed E-state index contributed by atoms with van der Waals surface area (Å²) in [6, 6.07) is 0. The molecule has 0 nitrogen and oxygen atoms in total. The molecule has 0 radical (unpaired) electrons. The normalized spacial score (nSPS) is 9.46. The predicted molar refractivity (Wildman–Crippen MR) is 63.9 cm³/mol. The maximum absolute atomic E-state index is 3.05. The lowest BCUT2D eigenvalue weighted by molar-refractivity contribution is 1.28. The standard InChI is InChI=1S/C11H12S2/c1-4-6-9-12-10-7-11(3)13-8-5-2/h11H,4H2,1-3H3. The lowest BCUT2D eigenvalue weighted by atomic mass is 10.5. The molecule has 0 spiro atoms. The highest BCUT2D eigenvalue weighted by Gasteiger charge is 1.91. The summed E-state index contributed by atoms with van der Waals surface area (Å²) in [7, 11) is 0. The molecule has 0 aromatic heterocycles. The van der Waals surface area contributed by atoms with E-state index in [4.69, 9.17) is 0 Å². The summed E-state index contributed by atoms with van der Waals surface area (Å²) < 4.78 is 0. The molecular weight excluding hydrogens is 196 g/mol. The Morgan fingerprint density at radius 2 is 2.00 bits per heavy atom. The van der Waals surface area contributed by atoms with Gasteiger partial charge in [-0.1, -0.05) is 36.4 Å². The van der Waals surface area contributed by atoms with Gasteiger partial charge in [0.2, 0.25) is 0 Å². The first-order chi connectivity index (χ1) is 6.31. The Balaban J connectivity index is 3.73. The van der Waals surface area contributed by atoms with E-state index in [0.29, 0.717) is 0 Å². The van der Waals surface area contributed by atoms with Gasteiger partial charge in [-0.25, -0.2) is 0 Å². The number of hydrogen-bond acceptors (Lipinski definition) is 2. The van der Waals surface area contributed by atoms with Crippen LogP contribution in [0.4, 0.5) is 0 Å². The van der Waals surface area contributed by atoms with Crippen molar-refractivity contribution in [1.82, 2.24) is 0 Å². The van der Waals surface area contributed by atoms with E-state index in [9.17, 15) is 0 Å². The first kappa shape index (κ1) is 12.4. The van der Waals surface area contributed by atoms with Gasteiger partial charge >= 0.3 is 0 Å². The van der Waals surface area contributed by atoms with E-state index in [1.54, 1.807) is 11.8 Å². The minimum Gasteiger partial charge on any atom is -0.0946 e. The van der Waals surface area contributed by atoms with Gasteiger partial charge in [-0.3, -0.25) is 0 Å². The Hall–Kier alpha value is -0.620. The van der Waals surface area contributed by atoms with Crippen LogP contribution in [-0.4, -0.2) is 5.25 Å². The van der Waals surface area contributed by atoms with Crippen molar-refractivity contribution in [2.24, 2.45) is 0 Å². The molecule has 1 unspecified atom stereocenters. The van der Waals surface area contributed by atoms with Gasteiger partial charge in [-0.05, 0) is 29.6 Å². The molecule has 68 valence electrons. The van der Waals surface area contributed by atoms with Crippen LogP contribution in [0, 0.1) is 33.5 Å². The Labute approximate surface area is 89.6 Å². The monoisotopic (exact) mass is 208 g/mol. The summed E-state index contributed by atoms with van der Waals surface area (Å²) in [6.45, 7) is 5.89. The van der Waals surface area contributed by atoms with E-state index in [2.05, 4.69) is 33.5 Å². The third-order valence-electron chi connectivity index (χ3n) is 0.951. The van der Waals surface area contributed by atoms with Crippen LogP contribution in [0.25, 0.3) is 0 Å². The van der Waals surface area contributed by atoms with Crippen LogP contribution in [-0.2, 0) is 0 Å². The molecule has 0 heterocycles. The summed E-state index contributed by atoms with van der Waals surface area (Å²) in [5.74, 6) is 8.81. The molecule has 0 aliphatic carbocycles. The highest BCUT2D eigenvalue weighted by Crippen LogP contribution is 2.07. The fourth-order valence-corrected chi connectivity index (χ4v) is 1.41. The average Bonchev–Trinajstić information content (AvgIpc) is 2.14. The summed E-state index contributed by atoms with van der Waals surface area (Å²) in [4.78, 5) is 0. The molecule has 0 aromatic rings. The highest BCUT2D eigenvalue weighted by molar-refractivity contribution is 8.08. The first-order valence-electron chi connectivity index (χ1n) is 4.02. The van der Waals surface area contributed by atoms with Gasteiger partial charge in [0.15, 0.2) is 0 Å². The van der Waals surface area contributed by atoms with E-state index in [1.165, 1.54) is 11.8 Å². The minimum atomic E-state index is 0.267. The molecule has 0 rings (SSSR count). The van der Waals surface area contributed by atoms with Crippen molar-refractivity contribution in [3.63, 3.8) is 0 Å². The Morgan fingerprint density at radius 3 is 2.62 bits per heavy atom. The van der Waals surface area contributed by atoms with Crippen molar-refractivity contribution in [3.8, 4) is 33.5 Å². The molecule has 0 fully saturated rings. The zero-order valence-corrected chi connectivity index (χ0v) is 9.73. The van der Waals surface area contributed by atoms with Crippen LogP contribution in [0.15, 0.2) is 0 Å². The van der Waals surface area contributed by atoms with Crippen LogP contribution >= 0.6 is 23.5 Å². The number of rotatable bonds is 1. The number of thioether (sulfide) groups is 2. The van der Waals surface area contributed by atoms with Gasteiger partial charge in [-0.2, -0.15) is 0 Å². The molecule has 0 aliphatic heterocycles. The van der Waals surface area contributed by atoms with Crippen LogP contribution in [0.1, 0.15) is 27.2 Å². The van der Waals surface area contributed by atoms with Gasteiger partial charge in [0.1, 0.15) is 0 Å². The Bertz CT molecular complexity index is 298. The van der Waals surface area contributed by atoms with Crippen LogP contribution < -0.4 is 0 Å². The van der Waals surface area contributed by atoms with E-state index in [0.717, 1.165) is 6.42 Å². The zero-order chi connectivity index (χ0) is 9.94. The SMILES string of the molecule is CC#CSC(C)C#CSC#CCC. The molecule has 0 aliphatic rings. The maximum atomic E-state index is 3.05. The topological polar surface area (TPSA) is 0 Å². The van der Waals surface area contributed by atoms with Crippen molar-refractivity contribution in [2.45, 2.75) is 32.4 Å². The van der Waals surface area contributed by atoms with Crippen molar-refractivity contribution in [3.05, 3.63) is 0 Å². The van der Waals surface area contributed by atoms with Crippen LogP contribution in [0.5, 0.6) is 0 Å². The summed E-state index contributed by atoms with van der Waals surface area (Å²) in [5, 5.41) is 9.01. The van der Waals surface area contributed by atoms with Gasteiger partial charge in [-0.15, -0.1) is 0 Å². The molecule has 1 atom stereocenters. The molecule has 0 bridgehead atoms. The fourth-order valence-electron chi connectivity index (χ4n) is 0.423. The molecule has 0 N–H and O–H groups in total. The van der Waals surface area contributed by atoms with Gasteiger partial charge in [0.25, 0.3) is 0 Å². The molecule has 2 heteroatoms. The van der Waals surface area contributed by atoms with Crippen molar-refractivity contribution in [2.75, 3.05) is 0 Å². The average molecular weight is 208 g/mol. The number of hydrogen-bond donors (Lipinski definition) is 0. The fraction of sp³-hybridized carbons (Fsp3) is 0.455. The van der Waals surface area contributed by atoms with Gasteiger partial charge < -0.3 is 0 Å². The molecule has 13 heavy (non-hydrogen) atoms. The maximum Gasteiger partial charge on any atom is 0.0761 e. The molecule has 0 saturated heterocycles. The Kier molecular flexibility index (Phi) is 9.02. The third kappa shape index (κ3) is 9.29. The first-order valence-corrected chi connectivity index (χ1v) is 5.72. The van der Waals surface area contributed by atoms with Gasteiger partial charge in [0.05, 0.1) is 5.25 Å². The summed E-state index contributed by atoms with van der Waals surface area (Å²) in [5.41, 5.74) is 0. The smallest absolute Gasteiger partial charge is 0.0761 e. The third-order valence-corrected chi connectivity index (χ3v) is 2.21. The lowest BCUT2D eigenvalue weighted by Crippen LogP contribution is -1.86. The quantitative estimate of drug-likeness (QED) is 0.607. The minimum absolute atomic E-state index is 0.267. The van der Waals surface area contributed by atoms with E-state index in [1.807, 2.05) is 20.8 Å². The largest absolute Gasteiger partial charge is 0.0946 e.